The molecule has 1 fully saturated rings. The van der Waals surface area contributed by atoms with Gasteiger partial charge in [-0.05, 0) is 67.6 Å². The molecule has 0 aromatic rings. The van der Waals surface area contributed by atoms with Crippen LogP contribution >= 0.6 is 0 Å². The maximum Gasteiger partial charge on any atom is 0.0484 e. The van der Waals surface area contributed by atoms with Crippen molar-refractivity contribution in [2.24, 2.45) is 29.1 Å². The van der Waals surface area contributed by atoms with Gasteiger partial charge in [0.15, 0.2) is 0 Å². The fourth-order valence-corrected chi connectivity index (χ4v) is 3.78. The highest BCUT2D eigenvalue weighted by molar-refractivity contribution is 4.79. The first-order valence-electron chi connectivity index (χ1n) is 10.1. The molecule has 0 aromatic heterocycles. The number of ether oxygens (including phenoxy) is 2. The lowest BCUT2D eigenvalue weighted by Gasteiger charge is -2.34. The summed E-state index contributed by atoms with van der Waals surface area (Å²) in [7, 11) is 1.79. The molecule has 24 heavy (non-hydrogen) atoms. The lowest BCUT2D eigenvalue weighted by molar-refractivity contribution is 0.0367. The summed E-state index contributed by atoms with van der Waals surface area (Å²) >= 11 is 0. The van der Waals surface area contributed by atoms with Crippen LogP contribution in [-0.2, 0) is 9.47 Å². The van der Waals surface area contributed by atoms with Gasteiger partial charge >= 0.3 is 0 Å². The average molecular weight is 343 g/mol. The molecule has 0 radical (unpaired) electrons. The lowest BCUT2D eigenvalue weighted by atomic mass is 9.73. The number of rotatable bonds is 12. The van der Waals surface area contributed by atoms with E-state index in [4.69, 9.17) is 9.47 Å². The minimum Gasteiger partial charge on any atom is -0.396 e. The number of aliphatic hydroxyl groups is 1. The second-order valence-corrected chi connectivity index (χ2v) is 8.80. The third-order valence-corrected chi connectivity index (χ3v) is 6.49. The van der Waals surface area contributed by atoms with Gasteiger partial charge in [0, 0.05) is 33.5 Å². The van der Waals surface area contributed by atoms with Gasteiger partial charge in [0.25, 0.3) is 0 Å². The minimum atomic E-state index is 0.0337. The molecule has 1 saturated heterocycles. The molecule has 0 aromatic carbocycles. The Morgan fingerprint density at radius 2 is 1.67 bits per heavy atom. The molecular formula is C21H42O3. The molecule has 0 amide bonds. The van der Waals surface area contributed by atoms with Crippen LogP contribution in [0.5, 0.6) is 0 Å². The third kappa shape index (κ3) is 7.84. The average Bonchev–Trinajstić information content (AvgIpc) is 2.60. The molecule has 1 aliphatic rings. The highest BCUT2D eigenvalue weighted by Gasteiger charge is 2.28. The summed E-state index contributed by atoms with van der Waals surface area (Å²) in [6.45, 7) is 12.1. The molecule has 0 spiro atoms. The Bertz CT molecular complexity index is 310. The van der Waals surface area contributed by atoms with Crippen LogP contribution in [-0.4, -0.2) is 38.6 Å². The zero-order valence-corrected chi connectivity index (χ0v) is 16.9. The fraction of sp³-hybridized carbons (Fsp3) is 1.00. The fourth-order valence-electron chi connectivity index (χ4n) is 3.78. The van der Waals surface area contributed by atoms with E-state index in [0.717, 1.165) is 37.6 Å². The molecule has 0 saturated carbocycles. The zero-order valence-electron chi connectivity index (χ0n) is 16.9. The molecule has 3 nitrogen and oxygen atoms in total. The largest absolute Gasteiger partial charge is 0.396 e. The van der Waals surface area contributed by atoms with E-state index in [0.29, 0.717) is 5.92 Å². The van der Waals surface area contributed by atoms with E-state index in [1.807, 2.05) is 0 Å². The second-order valence-electron chi connectivity index (χ2n) is 8.80. The normalized spacial score (nSPS) is 20.8. The van der Waals surface area contributed by atoms with Gasteiger partial charge in [-0.1, -0.05) is 34.1 Å². The number of aliphatic hydroxyl groups excluding tert-OH is 1. The first-order valence-corrected chi connectivity index (χ1v) is 10.1. The Labute approximate surface area is 150 Å². The summed E-state index contributed by atoms with van der Waals surface area (Å²) in [5, 5.41) is 9.61. The van der Waals surface area contributed by atoms with Crippen molar-refractivity contribution in [1.82, 2.24) is 0 Å². The zero-order chi connectivity index (χ0) is 18.0. The molecule has 0 bridgehead atoms. The van der Waals surface area contributed by atoms with Gasteiger partial charge in [0.05, 0.1) is 0 Å². The van der Waals surface area contributed by atoms with Crippen molar-refractivity contribution in [3.8, 4) is 0 Å². The molecule has 0 aliphatic carbocycles. The Balaban J connectivity index is 2.51. The van der Waals surface area contributed by atoms with Gasteiger partial charge in [-0.15, -0.1) is 0 Å². The van der Waals surface area contributed by atoms with Crippen LogP contribution in [0.4, 0.5) is 0 Å². The van der Waals surface area contributed by atoms with E-state index < -0.39 is 0 Å². The van der Waals surface area contributed by atoms with E-state index >= 15 is 0 Å². The first-order chi connectivity index (χ1) is 11.4. The van der Waals surface area contributed by atoms with E-state index in [2.05, 4.69) is 27.7 Å². The maximum absolute atomic E-state index is 9.61. The monoisotopic (exact) mass is 342 g/mol. The summed E-state index contributed by atoms with van der Waals surface area (Å²) in [4.78, 5) is 0. The molecule has 1 aliphatic heterocycles. The van der Waals surface area contributed by atoms with Crippen molar-refractivity contribution in [2.75, 3.05) is 33.5 Å². The predicted octanol–water partition coefficient (Wildman–Crippen LogP) is 4.92. The van der Waals surface area contributed by atoms with Gasteiger partial charge in [-0.3, -0.25) is 0 Å². The van der Waals surface area contributed by atoms with Crippen molar-refractivity contribution >= 4 is 0 Å². The van der Waals surface area contributed by atoms with Crippen LogP contribution in [0.25, 0.3) is 0 Å². The summed E-state index contributed by atoms with van der Waals surface area (Å²) in [6.07, 6.45) is 8.80. The number of methoxy groups -OCH3 is 1. The predicted molar refractivity (Wildman–Crippen MR) is 101 cm³/mol. The van der Waals surface area contributed by atoms with Crippen molar-refractivity contribution in [3.63, 3.8) is 0 Å². The smallest absolute Gasteiger partial charge is 0.0484 e. The lowest BCUT2D eigenvalue weighted by Crippen LogP contribution is -2.28. The Morgan fingerprint density at radius 3 is 2.25 bits per heavy atom. The summed E-state index contributed by atoms with van der Waals surface area (Å²) in [6, 6.07) is 0. The van der Waals surface area contributed by atoms with Gasteiger partial charge in [0.2, 0.25) is 0 Å². The molecule has 3 heteroatoms. The molecule has 1 N–H and O–H groups in total. The SMILES string of the molecule is COCCC(C)CCC(CCC(C)C(C)(C)CO)C1CCOCC1. The quantitative estimate of drug-likeness (QED) is 0.547. The second kappa shape index (κ2) is 11.5. The van der Waals surface area contributed by atoms with E-state index in [-0.39, 0.29) is 12.0 Å². The van der Waals surface area contributed by atoms with Crippen LogP contribution in [0, 0.1) is 29.1 Å². The molecule has 1 rings (SSSR count). The standard InChI is InChI=1S/C21H42O3/c1-17(10-13-23-5)6-8-19(20-11-14-24-15-12-20)9-7-18(2)21(3,4)16-22/h17-20,22H,6-16H2,1-5H3. The number of hydrogen-bond donors (Lipinski definition) is 1. The van der Waals surface area contributed by atoms with Crippen LogP contribution in [0.2, 0.25) is 0 Å². The first kappa shape index (κ1) is 21.9. The van der Waals surface area contributed by atoms with Crippen LogP contribution in [0.3, 0.4) is 0 Å². The van der Waals surface area contributed by atoms with Crippen molar-refractivity contribution < 1.29 is 14.6 Å². The van der Waals surface area contributed by atoms with Crippen molar-refractivity contribution in [1.29, 1.82) is 0 Å². The number of hydrogen-bond acceptors (Lipinski definition) is 3. The van der Waals surface area contributed by atoms with Crippen LogP contribution < -0.4 is 0 Å². The minimum absolute atomic E-state index is 0.0337. The van der Waals surface area contributed by atoms with E-state index in [1.165, 1.54) is 44.9 Å². The molecule has 144 valence electrons. The van der Waals surface area contributed by atoms with E-state index in [9.17, 15) is 5.11 Å². The third-order valence-electron chi connectivity index (χ3n) is 6.49. The van der Waals surface area contributed by atoms with Gasteiger partial charge in [0.1, 0.15) is 0 Å². The maximum atomic E-state index is 9.61. The Hall–Kier alpha value is -0.120. The molecule has 3 atom stereocenters. The van der Waals surface area contributed by atoms with Gasteiger partial charge < -0.3 is 14.6 Å². The Morgan fingerprint density at radius 1 is 1.04 bits per heavy atom. The summed E-state index contributed by atoms with van der Waals surface area (Å²) < 4.78 is 10.8. The highest BCUT2D eigenvalue weighted by atomic mass is 16.5. The topological polar surface area (TPSA) is 38.7 Å². The van der Waals surface area contributed by atoms with Crippen LogP contribution in [0.1, 0.15) is 72.6 Å². The molecule has 1 heterocycles. The van der Waals surface area contributed by atoms with E-state index in [1.54, 1.807) is 7.11 Å². The highest BCUT2D eigenvalue weighted by Crippen LogP contribution is 2.36. The molecule has 3 unspecified atom stereocenters. The van der Waals surface area contributed by atoms with Crippen LogP contribution in [0.15, 0.2) is 0 Å². The molecular weight excluding hydrogens is 300 g/mol. The summed E-state index contributed by atoms with van der Waals surface area (Å²) in [5.41, 5.74) is 0.0337. The van der Waals surface area contributed by atoms with Crippen molar-refractivity contribution in [2.45, 2.75) is 72.6 Å². The van der Waals surface area contributed by atoms with Gasteiger partial charge in [-0.2, -0.15) is 0 Å². The Kier molecular flexibility index (Phi) is 10.5. The van der Waals surface area contributed by atoms with Crippen molar-refractivity contribution in [3.05, 3.63) is 0 Å². The van der Waals surface area contributed by atoms with Gasteiger partial charge in [-0.25, -0.2) is 0 Å². The summed E-state index contributed by atoms with van der Waals surface area (Å²) in [5.74, 6) is 2.96.